The average Bonchev–Trinajstić information content (AvgIpc) is 2.75. The van der Waals surface area contributed by atoms with Gasteiger partial charge in [-0.05, 0) is 24.1 Å². The summed E-state index contributed by atoms with van der Waals surface area (Å²) in [5.74, 6) is -0.960. The minimum atomic E-state index is -0.888. The lowest BCUT2D eigenvalue weighted by Gasteiger charge is -2.13. The van der Waals surface area contributed by atoms with E-state index in [0.717, 1.165) is 5.56 Å². The second-order valence-electron chi connectivity index (χ2n) is 6.15. The van der Waals surface area contributed by atoms with Crippen molar-refractivity contribution < 1.29 is 28.6 Å². The van der Waals surface area contributed by atoms with Crippen LogP contribution < -0.4 is 5.32 Å². The predicted octanol–water partition coefficient (Wildman–Crippen LogP) is 4.44. The van der Waals surface area contributed by atoms with Crippen molar-refractivity contribution in [3.8, 4) is 11.1 Å². The number of amides is 2. The second kappa shape index (κ2) is 12.8. The van der Waals surface area contributed by atoms with Crippen LogP contribution in [0.3, 0.4) is 0 Å². The highest BCUT2D eigenvalue weighted by molar-refractivity contribution is 8.76. The zero-order chi connectivity index (χ0) is 22.6. The van der Waals surface area contributed by atoms with Crippen molar-refractivity contribution in [2.45, 2.75) is 12.8 Å². The second-order valence-corrected chi connectivity index (χ2v) is 8.86. The normalized spacial score (nSPS) is 11.4. The van der Waals surface area contributed by atoms with Crippen LogP contribution in [-0.2, 0) is 14.4 Å². The highest BCUT2D eigenvalue weighted by Crippen LogP contribution is 2.26. The molecule has 0 aliphatic heterocycles. The molecule has 0 fully saturated rings. The smallest absolute Gasteiger partial charge is 0.413 e. The molecule has 11 heteroatoms. The minimum Gasteiger partial charge on any atom is -0.448 e. The molecule has 0 aromatic heterocycles. The monoisotopic (exact) mass is 468 g/mol. The van der Waals surface area contributed by atoms with E-state index in [1.165, 1.54) is 27.7 Å². The van der Waals surface area contributed by atoms with Crippen LogP contribution >= 0.6 is 21.6 Å². The summed E-state index contributed by atoms with van der Waals surface area (Å²) in [5, 5.41) is 11.3. The van der Waals surface area contributed by atoms with E-state index in [1.807, 2.05) is 18.2 Å². The van der Waals surface area contributed by atoms with Crippen LogP contribution in [0, 0.1) is 15.9 Å². The number of nitrogens with zero attached hydrogens (tertiary/aromatic N) is 1. The van der Waals surface area contributed by atoms with Gasteiger partial charge in [-0.2, -0.15) is 0 Å². The Bertz CT molecular complexity index is 900. The molecule has 1 atom stereocenters. The summed E-state index contributed by atoms with van der Waals surface area (Å²) < 4.78 is 19.4. The van der Waals surface area contributed by atoms with Gasteiger partial charge in [-0.25, -0.2) is 9.18 Å². The standard InChI is InChI=1S/C20H21FN2O6S2/c1-14(16-7-8-17(18(21)13-16)15-5-3-2-4-6-15)19(24)22-20(25)28-9-11-30-31-12-10-29-23(26)27/h2-8,13-14H,9-12H2,1H3,(H,22,24,25). The first-order valence-electron chi connectivity index (χ1n) is 9.22. The lowest BCUT2D eigenvalue weighted by atomic mass is 9.96. The third kappa shape index (κ3) is 8.46. The molecule has 0 spiro atoms. The lowest BCUT2D eigenvalue weighted by molar-refractivity contribution is -0.756. The van der Waals surface area contributed by atoms with E-state index >= 15 is 0 Å². The van der Waals surface area contributed by atoms with Gasteiger partial charge in [0.2, 0.25) is 5.91 Å². The van der Waals surface area contributed by atoms with E-state index < -0.39 is 28.8 Å². The molecule has 2 amide bonds. The quantitative estimate of drug-likeness (QED) is 0.223. The van der Waals surface area contributed by atoms with Gasteiger partial charge in [-0.15, -0.1) is 10.1 Å². The molecule has 2 rings (SSSR count). The van der Waals surface area contributed by atoms with Gasteiger partial charge in [0.05, 0.1) is 5.92 Å². The van der Waals surface area contributed by atoms with Crippen LogP contribution in [0.5, 0.6) is 0 Å². The number of carbonyl (C=O) groups is 2. The number of benzene rings is 2. The summed E-state index contributed by atoms with van der Waals surface area (Å²) >= 11 is 0. The number of rotatable bonds is 11. The third-order valence-electron chi connectivity index (χ3n) is 4.04. The first-order valence-corrected chi connectivity index (χ1v) is 11.7. The van der Waals surface area contributed by atoms with Gasteiger partial charge in [0.1, 0.15) is 19.0 Å². The van der Waals surface area contributed by atoms with E-state index in [-0.39, 0.29) is 13.2 Å². The molecule has 2 aromatic carbocycles. The van der Waals surface area contributed by atoms with Gasteiger partial charge in [0.25, 0.3) is 5.09 Å². The van der Waals surface area contributed by atoms with Crippen LogP contribution in [-0.4, -0.2) is 41.8 Å². The summed E-state index contributed by atoms with van der Waals surface area (Å²) in [7, 11) is 2.69. The van der Waals surface area contributed by atoms with Crippen molar-refractivity contribution in [2.24, 2.45) is 0 Å². The maximum absolute atomic E-state index is 14.5. The number of carbonyl (C=O) groups excluding carboxylic acids is 2. The Balaban J connectivity index is 1.74. The average molecular weight is 469 g/mol. The van der Waals surface area contributed by atoms with Crippen LogP contribution in [0.1, 0.15) is 18.4 Å². The van der Waals surface area contributed by atoms with E-state index in [1.54, 1.807) is 31.2 Å². The molecule has 0 heterocycles. The van der Waals surface area contributed by atoms with Crippen molar-refractivity contribution in [1.82, 2.24) is 5.32 Å². The number of hydrogen-bond donors (Lipinski definition) is 1. The summed E-state index contributed by atoms with van der Waals surface area (Å²) in [6, 6.07) is 13.6. The van der Waals surface area contributed by atoms with E-state index in [2.05, 4.69) is 10.2 Å². The highest BCUT2D eigenvalue weighted by Gasteiger charge is 2.20. The molecular formula is C20H21FN2O6S2. The Kier molecular flexibility index (Phi) is 10.1. The van der Waals surface area contributed by atoms with Crippen LogP contribution in [0.15, 0.2) is 48.5 Å². The SMILES string of the molecule is CC(C(=O)NC(=O)OCCSSCCO[N+](=O)[O-])c1ccc(-c2ccccc2)c(F)c1. The van der Waals surface area contributed by atoms with E-state index in [4.69, 9.17) is 4.74 Å². The summed E-state index contributed by atoms with van der Waals surface area (Å²) in [6.07, 6.45) is -0.888. The molecule has 1 unspecified atom stereocenters. The van der Waals surface area contributed by atoms with Crippen molar-refractivity contribution in [2.75, 3.05) is 24.7 Å². The number of ether oxygens (including phenoxy) is 1. The fourth-order valence-corrected chi connectivity index (χ4v) is 4.13. The molecule has 31 heavy (non-hydrogen) atoms. The number of alkyl carbamates (subject to hydrolysis) is 1. The van der Waals surface area contributed by atoms with Crippen molar-refractivity contribution >= 4 is 33.6 Å². The predicted molar refractivity (Wildman–Crippen MR) is 118 cm³/mol. The number of hydrogen-bond acceptors (Lipinski definition) is 8. The Morgan fingerprint density at radius 3 is 2.45 bits per heavy atom. The zero-order valence-electron chi connectivity index (χ0n) is 16.6. The van der Waals surface area contributed by atoms with Crippen molar-refractivity contribution in [3.63, 3.8) is 0 Å². The molecule has 2 aromatic rings. The molecule has 0 saturated heterocycles. The van der Waals surface area contributed by atoms with Gasteiger partial charge in [0, 0.05) is 17.1 Å². The fourth-order valence-electron chi connectivity index (χ4n) is 2.48. The fraction of sp³-hybridized carbons (Fsp3) is 0.300. The Morgan fingerprint density at radius 1 is 1.13 bits per heavy atom. The summed E-state index contributed by atoms with van der Waals surface area (Å²) in [6.45, 7) is 1.60. The highest BCUT2D eigenvalue weighted by atomic mass is 33.1. The first kappa shape index (κ1) is 24.5. The first-order chi connectivity index (χ1) is 14.9. The molecule has 1 N–H and O–H groups in total. The van der Waals surface area contributed by atoms with Gasteiger partial charge in [0.15, 0.2) is 0 Å². The number of halogens is 1. The zero-order valence-corrected chi connectivity index (χ0v) is 18.2. The van der Waals surface area contributed by atoms with Crippen LogP contribution in [0.2, 0.25) is 0 Å². The third-order valence-corrected chi connectivity index (χ3v) is 6.38. The molecule has 8 nitrogen and oxygen atoms in total. The number of nitrogens with one attached hydrogen (secondary N) is 1. The summed E-state index contributed by atoms with van der Waals surface area (Å²) in [4.78, 5) is 38.2. The van der Waals surface area contributed by atoms with E-state index in [0.29, 0.717) is 22.6 Å². The largest absolute Gasteiger partial charge is 0.448 e. The van der Waals surface area contributed by atoms with Crippen LogP contribution in [0.25, 0.3) is 11.1 Å². The Morgan fingerprint density at radius 2 is 1.81 bits per heavy atom. The maximum Gasteiger partial charge on any atom is 0.413 e. The molecule has 0 radical (unpaired) electrons. The minimum absolute atomic E-state index is 0.0225. The van der Waals surface area contributed by atoms with Gasteiger partial charge < -0.3 is 9.57 Å². The van der Waals surface area contributed by atoms with Crippen LogP contribution in [0.4, 0.5) is 9.18 Å². The van der Waals surface area contributed by atoms with Gasteiger partial charge in [-0.1, -0.05) is 64.1 Å². The maximum atomic E-state index is 14.5. The van der Waals surface area contributed by atoms with Crippen molar-refractivity contribution in [1.29, 1.82) is 0 Å². The molecular weight excluding hydrogens is 447 g/mol. The summed E-state index contributed by atoms with van der Waals surface area (Å²) in [5.41, 5.74) is 1.59. The molecule has 0 saturated carbocycles. The molecule has 0 bridgehead atoms. The van der Waals surface area contributed by atoms with Gasteiger partial charge in [-0.3, -0.25) is 10.1 Å². The molecule has 166 valence electrons. The van der Waals surface area contributed by atoms with Crippen molar-refractivity contribution in [3.05, 3.63) is 70.0 Å². The lowest BCUT2D eigenvalue weighted by Crippen LogP contribution is -2.34. The Hall–Kier alpha value is -2.79. The van der Waals surface area contributed by atoms with E-state index in [9.17, 15) is 24.1 Å². The Labute approximate surface area is 186 Å². The topological polar surface area (TPSA) is 108 Å². The number of imide groups is 1. The molecule has 0 aliphatic rings. The van der Waals surface area contributed by atoms with Gasteiger partial charge >= 0.3 is 6.09 Å². The molecule has 0 aliphatic carbocycles.